The van der Waals surface area contributed by atoms with Crippen LogP contribution in [0.3, 0.4) is 0 Å². The highest BCUT2D eigenvalue weighted by atomic mass is 16.5. The van der Waals surface area contributed by atoms with Gasteiger partial charge < -0.3 is 23.7 Å². The number of esters is 3. The van der Waals surface area contributed by atoms with Gasteiger partial charge in [-0.1, -0.05) is 173 Å². The van der Waals surface area contributed by atoms with E-state index >= 15 is 0 Å². The summed E-state index contributed by atoms with van der Waals surface area (Å²) in [5.74, 6) is 0.535. The molecule has 9 nitrogen and oxygen atoms in total. The first kappa shape index (κ1) is 55.7. The summed E-state index contributed by atoms with van der Waals surface area (Å²) in [5, 5.41) is 0. The quantitative estimate of drug-likeness (QED) is 0.0169. The summed E-state index contributed by atoms with van der Waals surface area (Å²) >= 11 is 0. The summed E-state index contributed by atoms with van der Waals surface area (Å²) in [4.78, 5) is 43.4. The molecule has 0 heterocycles. The van der Waals surface area contributed by atoms with Crippen molar-refractivity contribution in [2.24, 2.45) is 4.99 Å². The van der Waals surface area contributed by atoms with Crippen LogP contribution in [-0.4, -0.2) is 37.3 Å². The fourth-order valence-corrected chi connectivity index (χ4v) is 8.19. The first-order chi connectivity index (χ1) is 34.9. The fraction of sp³-hybridized carbons (Fsp3) is 0.452. The topological polar surface area (TPSA) is 110 Å². The van der Waals surface area contributed by atoms with Crippen LogP contribution in [0.15, 0.2) is 126 Å². The second-order valence-corrected chi connectivity index (χ2v) is 18.5. The number of hydrogen-bond acceptors (Lipinski definition) is 9. The lowest BCUT2D eigenvalue weighted by atomic mass is 10.0. The average Bonchev–Trinajstić information content (AvgIpc) is 3.39. The van der Waals surface area contributed by atoms with E-state index in [9.17, 15) is 14.4 Å². The Morgan fingerprint density at radius 3 is 1.08 bits per heavy atom. The predicted octanol–water partition coefficient (Wildman–Crippen LogP) is 17.3. The highest BCUT2D eigenvalue weighted by Crippen LogP contribution is 2.24. The molecule has 0 radical (unpaired) electrons. The monoisotopic (exact) mass is 966 g/mol. The lowest BCUT2D eigenvalue weighted by Crippen LogP contribution is -2.11. The van der Waals surface area contributed by atoms with Gasteiger partial charge in [0.15, 0.2) is 0 Å². The van der Waals surface area contributed by atoms with Crippen molar-refractivity contribution >= 4 is 29.8 Å². The van der Waals surface area contributed by atoms with Gasteiger partial charge in [-0.2, -0.15) is 0 Å². The molecule has 0 aliphatic heterocycles. The van der Waals surface area contributed by atoms with Gasteiger partial charge >= 0.3 is 17.9 Å². The summed E-state index contributed by atoms with van der Waals surface area (Å²) in [6.45, 7) is 5.88. The maximum absolute atomic E-state index is 13.0. The molecule has 5 aromatic rings. The second kappa shape index (κ2) is 34.2. The van der Waals surface area contributed by atoms with Gasteiger partial charge in [-0.3, -0.25) is 4.99 Å². The minimum Gasteiger partial charge on any atom is -0.494 e. The zero-order valence-electron chi connectivity index (χ0n) is 42.7. The third kappa shape index (κ3) is 23.0. The van der Waals surface area contributed by atoms with Gasteiger partial charge in [-0.15, -0.1) is 0 Å². The highest BCUT2D eigenvalue weighted by Gasteiger charge is 2.14. The number of benzene rings is 5. The van der Waals surface area contributed by atoms with Gasteiger partial charge in [0.25, 0.3) is 0 Å². The second-order valence-electron chi connectivity index (χ2n) is 18.5. The van der Waals surface area contributed by atoms with Gasteiger partial charge in [-0.25, -0.2) is 14.4 Å². The average molecular weight is 966 g/mol. The van der Waals surface area contributed by atoms with Crippen molar-refractivity contribution in [1.82, 2.24) is 0 Å². The summed E-state index contributed by atoms with van der Waals surface area (Å²) in [6, 6.07) is 34.0. The molecule has 0 saturated carbocycles. The van der Waals surface area contributed by atoms with Crippen LogP contribution in [0, 0.1) is 0 Å². The van der Waals surface area contributed by atoms with E-state index in [1.807, 2.05) is 24.3 Å². The Hall–Kier alpha value is -6.22. The van der Waals surface area contributed by atoms with Gasteiger partial charge in [0.2, 0.25) is 0 Å². The maximum atomic E-state index is 13.0. The molecule has 0 aliphatic carbocycles. The first-order valence-electron chi connectivity index (χ1n) is 26.9. The molecule has 9 heteroatoms. The van der Waals surface area contributed by atoms with Crippen LogP contribution in [0.1, 0.15) is 205 Å². The van der Waals surface area contributed by atoms with Crippen molar-refractivity contribution in [2.75, 3.05) is 13.2 Å². The Balaban J connectivity index is 0.936. The van der Waals surface area contributed by atoms with Gasteiger partial charge in [0, 0.05) is 12.3 Å². The first-order valence-corrected chi connectivity index (χ1v) is 26.9. The van der Waals surface area contributed by atoms with E-state index in [-0.39, 0.29) is 22.8 Å². The lowest BCUT2D eigenvalue weighted by molar-refractivity contribution is 0.0723. The molecule has 0 unspecified atom stereocenters. The Kier molecular flexibility index (Phi) is 26.8. The van der Waals surface area contributed by atoms with E-state index < -0.39 is 17.9 Å². The summed E-state index contributed by atoms with van der Waals surface area (Å²) in [6.07, 6.45) is 33.3. The Morgan fingerprint density at radius 2 is 0.690 bits per heavy atom. The maximum Gasteiger partial charge on any atom is 0.343 e. The minimum atomic E-state index is -0.629. The van der Waals surface area contributed by atoms with E-state index in [4.69, 9.17) is 23.7 Å². The Morgan fingerprint density at radius 1 is 0.366 bits per heavy atom. The van der Waals surface area contributed by atoms with Crippen LogP contribution in [0.5, 0.6) is 28.7 Å². The van der Waals surface area contributed by atoms with Crippen LogP contribution in [0.4, 0.5) is 5.69 Å². The number of nitrogens with zero attached hydrogens (tertiary/aromatic N) is 1. The number of aliphatic imine (C=N–C) groups is 1. The number of carbonyl (C=O) groups excluding carboxylic acids is 3. The van der Waals surface area contributed by atoms with Gasteiger partial charge in [0.05, 0.1) is 35.6 Å². The van der Waals surface area contributed by atoms with Crippen molar-refractivity contribution in [1.29, 1.82) is 0 Å². The smallest absolute Gasteiger partial charge is 0.343 e. The van der Waals surface area contributed by atoms with Crippen molar-refractivity contribution in [3.05, 3.63) is 144 Å². The Bertz CT molecular complexity index is 2270. The number of unbranched alkanes of at least 4 members (excludes halogenated alkanes) is 22. The van der Waals surface area contributed by atoms with E-state index in [0.717, 1.165) is 42.9 Å². The van der Waals surface area contributed by atoms with Crippen LogP contribution in [-0.2, 0) is 0 Å². The predicted molar refractivity (Wildman–Crippen MR) is 287 cm³/mol. The van der Waals surface area contributed by atoms with E-state index in [1.54, 1.807) is 72.9 Å². The molecular weight excluding hydrogens is 887 g/mol. The standard InChI is InChI=1S/C62H79NO8/c1-3-5-7-9-11-13-14-15-16-17-18-19-20-22-24-26-47-68-56-44-38-54(39-45-56)63-49-50-30-32-51(33-31-50)61(65)70-58-28-27-29-59(48-58)71-62(66)53-36-42-57(43-37-53)69-60(64)52-34-40-55(41-35-52)67-46-25-23-21-12-10-8-6-4-2/h27-45,48-49H,3-26,46-47H2,1-2H3. The molecule has 0 fully saturated rings. The zero-order valence-corrected chi connectivity index (χ0v) is 42.7. The van der Waals surface area contributed by atoms with Crippen molar-refractivity contribution in [3.8, 4) is 28.7 Å². The van der Waals surface area contributed by atoms with Gasteiger partial charge in [-0.05, 0) is 115 Å². The molecular formula is C62H79NO8. The largest absolute Gasteiger partial charge is 0.494 e. The number of rotatable bonds is 36. The molecule has 0 bridgehead atoms. The molecule has 0 spiro atoms. The van der Waals surface area contributed by atoms with E-state index in [2.05, 4.69) is 18.8 Å². The minimum absolute atomic E-state index is 0.197. The molecule has 5 aromatic carbocycles. The number of ether oxygens (including phenoxy) is 5. The molecule has 0 aliphatic rings. The molecule has 0 atom stereocenters. The Labute approximate surface area is 424 Å². The molecule has 0 aromatic heterocycles. The van der Waals surface area contributed by atoms with E-state index in [0.29, 0.717) is 23.5 Å². The van der Waals surface area contributed by atoms with Crippen LogP contribution in [0.2, 0.25) is 0 Å². The van der Waals surface area contributed by atoms with Crippen LogP contribution < -0.4 is 23.7 Å². The highest BCUT2D eigenvalue weighted by molar-refractivity contribution is 5.94. The third-order valence-corrected chi connectivity index (χ3v) is 12.5. The summed E-state index contributed by atoms with van der Waals surface area (Å²) in [7, 11) is 0. The SMILES string of the molecule is CCCCCCCCCCCCCCCCCCOc1ccc(N=Cc2ccc(C(=O)Oc3cccc(OC(=O)c4ccc(OC(=O)c5ccc(OCCCCCCCCCC)cc5)cc4)c3)cc2)cc1. The van der Waals surface area contributed by atoms with E-state index in [1.165, 1.54) is 165 Å². The summed E-state index contributed by atoms with van der Waals surface area (Å²) < 4.78 is 28.5. The molecule has 71 heavy (non-hydrogen) atoms. The number of carbonyl (C=O) groups is 3. The van der Waals surface area contributed by atoms with Gasteiger partial charge in [0.1, 0.15) is 28.7 Å². The summed E-state index contributed by atoms with van der Waals surface area (Å²) in [5.41, 5.74) is 2.61. The van der Waals surface area contributed by atoms with Crippen molar-refractivity contribution in [3.63, 3.8) is 0 Å². The van der Waals surface area contributed by atoms with Crippen LogP contribution in [0.25, 0.3) is 0 Å². The van der Waals surface area contributed by atoms with Crippen LogP contribution >= 0.6 is 0 Å². The molecule has 0 N–H and O–H groups in total. The van der Waals surface area contributed by atoms with Crippen molar-refractivity contribution in [2.45, 2.75) is 168 Å². The molecule has 380 valence electrons. The number of hydrogen-bond donors (Lipinski definition) is 0. The van der Waals surface area contributed by atoms with Crippen molar-refractivity contribution < 1.29 is 38.1 Å². The molecule has 0 saturated heterocycles. The zero-order chi connectivity index (χ0) is 50.0. The normalized spacial score (nSPS) is 11.1. The fourth-order valence-electron chi connectivity index (χ4n) is 8.19. The lowest BCUT2D eigenvalue weighted by Gasteiger charge is -2.09. The molecule has 5 rings (SSSR count). The third-order valence-electron chi connectivity index (χ3n) is 12.5. The molecule has 0 amide bonds.